The number of esters is 1. The first-order valence-corrected chi connectivity index (χ1v) is 8.58. The summed E-state index contributed by atoms with van der Waals surface area (Å²) in [5.74, 6) is -0.470. The zero-order valence-corrected chi connectivity index (χ0v) is 15.8. The first-order valence-electron chi connectivity index (χ1n) is 8.58. The Morgan fingerprint density at radius 1 is 0.963 bits per heavy atom. The summed E-state index contributed by atoms with van der Waals surface area (Å²) in [5.41, 5.74) is 1.01. The molecule has 6 heteroatoms. The van der Waals surface area contributed by atoms with Crippen molar-refractivity contribution in [3.05, 3.63) is 66.4 Å². The van der Waals surface area contributed by atoms with E-state index in [2.05, 4.69) is 0 Å². The first kappa shape index (κ1) is 18.5. The number of hydrogen-bond donors (Lipinski definition) is 0. The molecule has 6 nitrogen and oxygen atoms in total. The summed E-state index contributed by atoms with van der Waals surface area (Å²) in [6.07, 6.45) is 1.04. The van der Waals surface area contributed by atoms with Crippen molar-refractivity contribution in [3.63, 3.8) is 0 Å². The number of nitrogens with zero attached hydrogens (tertiary/aromatic N) is 2. The molecule has 0 aliphatic heterocycles. The molecule has 0 fully saturated rings. The van der Waals surface area contributed by atoms with Crippen LogP contribution in [0.1, 0.15) is 31.1 Å². The van der Waals surface area contributed by atoms with Crippen LogP contribution in [0.15, 0.2) is 60.8 Å². The molecule has 27 heavy (non-hydrogen) atoms. The van der Waals surface area contributed by atoms with Crippen LogP contribution in [0.3, 0.4) is 0 Å². The lowest BCUT2D eigenvalue weighted by atomic mass is 10.2. The maximum absolute atomic E-state index is 13.0. The number of methoxy groups -OCH3 is 1. The molecular weight excluding hydrogens is 344 g/mol. The van der Waals surface area contributed by atoms with Crippen LogP contribution in [0.4, 0.5) is 10.5 Å². The molecule has 0 atom stereocenters. The Labute approximate surface area is 157 Å². The molecule has 1 heterocycles. The van der Waals surface area contributed by atoms with Crippen LogP contribution in [0.2, 0.25) is 0 Å². The lowest BCUT2D eigenvalue weighted by Gasteiger charge is -2.28. The van der Waals surface area contributed by atoms with Gasteiger partial charge in [-0.15, -0.1) is 0 Å². The second-order valence-corrected chi connectivity index (χ2v) is 7.02. The van der Waals surface area contributed by atoms with E-state index in [0.29, 0.717) is 22.2 Å². The second kappa shape index (κ2) is 7.15. The number of fused-ring (bicyclic) bond motifs is 1. The summed E-state index contributed by atoms with van der Waals surface area (Å²) in [6.45, 7) is 5.42. The molecule has 0 bridgehead atoms. The van der Waals surface area contributed by atoms with E-state index in [1.54, 1.807) is 23.0 Å². The van der Waals surface area contributed by atoms with Gasteiger partial charge in [-0.3, -0.25) is 0 Å². The van der Waals surface area contributed by atoms with Gasteiger partial charge in [0.15, 0.2) is 0 Å². The molecular formula is C21H22N2O4. The molecule has 0 aliphatic carbocycles. The van der Waals surface area contributed by atoms with Gasteiger partial charge in [0, 0.05) is 11.6 Å². The predicted molar refractivity (Wildman–Crippen MR) is 104 cm³/mol. The van der Waals surface area contributed by atoms with Crippen LogP contribution >= 0.6 is 0 Å². The average Bonchev–Trinajstić information content (AvgIpc) is 3.00. The van der Waals surface area contributed by atoms with E-state index in [-0.39, 0.29) is 0 Å². The van der Waals surface area contributed by atoms with Crippen molar-refractivity contribution < 1.29 is 19.1 Å². The van der Waals surface area contributed by atoms with Crippen molar-refractivity contribution in [2.75, 3.05) is 12.1 Å². The Balaban J connectivity index is 2.21. The Bertz CT molecular complexity index is 971. The fourth-order valence-electron chi connectivity index (χ4n) is 2.79. The number of ether oxygens (including phenoxy) is 2. The molecule has 0 saturated heterocycles. The Morgan fingerprint density at radius 2 is 1.59 bits per heavy atom. The molecule has 1 aromatic heterocycles. The van der Waals surface area contributed by atoms with Gasteiger partial charge in [0.25, 0.3) is 0 Å². The average molecular weight is 366 g/mol. The number of carbonyl (C=O) groups excluding carboxylic acids is 2. The number of amides is 1. The topological polar surface area (TPSA) is 60.8 Å². The molecule has 0 aliphatic rings. The molecule has 0 spiro atoms. The number of hydrogen-bond acceptors (Lipinski definition) is 4. The third-order valence-corrected chi connectivity index (χ3v) is 3.88. The third-order valence-electron chi connectivity index (χ3n) is 3.88. The smallest absolute Gasteiger partial charge is 0.434 e. The SMILES string of the molecule is COC(=O)c1cn(N(C(=O)OC(C)(C)C)c2ccccc2)c2ccccc12. The van der Waals surface area contributed by atoms with Gasteiger partial charge in [0.1, 0.15) is 5.60 Å². The minimum atomic E-state index is -0.668. The number of benzene rings is 2. The van der Waals surface area contributed by atoms with Crippen LogP contribution in [-0.4, -0.2) is 29.4 Å². The lowest BCUT2D eigenvalue weighted by molar-refractivity contribution is 0.0559. The van der Waals surface area contributed by atoms with Crippen LogP contribution < -0.4 is 5.01 Å². The van der Waals surface area contributed by atoms with E-state index < -0.39 is 17.7 Å². The van der Waals surface area contributed by atoms with Crippen molar-refractivity contribution in [1.29, 1.82) is 0 Å². The van der Waals surface area contributed by atoms with Gasteiger partial charge in [-0.05, 0) is 39.0 Å². The first-order chi connectivity index (χ1) is 12.8. The van der Waals surface area contributed by atoms with E-state index in [0.717, 1.165) is 0 Å². The number of aromatic nitrogens is 1. The number of carbonyl (C=O) groups is 2. The third kappa shape index (κ3) is 3.79. The Kier molecular flexibility index (Phi) is 4.90. The van der Waals surface area contributed by atoms with Crippen LogP contribution in [0.25, 0.3) is 10.9 Å². The minimum absolute atomic E-state index is 0.373. The van der Waals surface area contributed by atoms with Crippen molar-refractivity contribution in [3.8, 4) is 0 Å². The monoisotopic (exact) mass is 366 g/mol. The van der Waals surface area contributed by atoms with Gasteiger partial charge in [-0.2, -0.15) is 5.01 Å². The Hall–Kier alpha value is -3.28. The number of para-hydroxylation sites is 2. The molecule has 3 rings (SSSR count). The van der Waals surface area contributed by atoms with Crippen LogP contribution in [-0.2, 0) is 9.47 Å². The second-order valence-electron chi connectivity index (χ2n) is 7.02. The summed E-state index contributed by atoms with van der Waals surface area (Å²) in [7, 11) is 1.33. The fraction of sp³-hybridized carbons (Fsp3) is 0.238. The van der Waals surface area contributed by atoms with Gasteiger partial charge in [0.2, 0.25) is 0 Å². The molecule has 0 saturated carbocycles. The van der Waals surface area contributed by atoms with Crippen LogP contribution in [0, 0.1) is 0 Å². The normalized spacial score (nSPS) is 11.3. The quantitative estimate of drug-likeness (QED) is 0.634. The molecule has 3 aromatic rings. The lowest BCUT2D eigenvalue weighted by Crippen LogP contribution is -2.40. The zero-order valence-electron chi connectivity index (χ0n) is 15.8. The summed E-state index contributed by atoms with van der Waals surface area (Å²) < 4.78 is 12.1. The zero-order chi connectivity index (χ0) is 19.6. The fourth-order valence-corrected chi connectivity index (χ4v) is 2.79. The van der Waals surface area contributed by atoms with Gasteiger partial charge in [0.05, 0.1) is 23.9 Å². The summed E-state index contributed by atoms with van der Waals surface area (Å²) >= 11 is 0. The van der Waals surface area contributed by atoms with Crippen molar-refractivity contribution in [2.24, 2.45) is 0 Å². The van der Waals surface area contributed by atoms with E-state index in [9.17, 15) is 9.59 Å². The number of rotatable bonds is 3. The summed E-state index contributed by atoms with van der Waals surface area (Å²) in [5, 5.41) is 2.09. The standard InChI is InChI=1S/C21H22N2O4/c1-21(2,3)27-20(25)23(15-10-6-5-7-11-15)22-14-17(19(24)26-4)16-12-8-9-13-18(16)22/h5-14H,1-4H3. The highest BCUT2D eigenvalue weighted by Crippen LogP contribution is 2.27. The Morgan fingerprint density at radius 3 is 2.22 bits per heavy atom. The highest BCUT2D eigenvalue weighted by atomic mass is 16.6. The highest BCUT2D eigenvalue weighted by Gasteiger charge is 2.27. The predicted octanol–water partition coefficient (Wildman–Crippen LogP) is 4.63. The van der Waals surface area contributed by atoms with Gasteiger partial charge >= 0.3 is 12.1 Å². The molecule has 1 amide bonds. The van der Waals surface area contributed by atoms with E-state index >= 15 is 0 Å². The van der Waals surface area contributed by atoms with Crippen molar-refractivity contribution in [2.45, 2.75) is 26.4 Å². The molecule has 0 radical (unpaired) electrons. The highest BCUT2D eigenvalue weighted by molar-refractivity contribution is 6.05. The number of anilines is 1. The van der Waals surface area contributed by atoms with E-state index in [1.807, 2.05) is 63.2 Å². The minimum Gasteiger partial charge on any atom is -0.465 e. The van der Waals surface area contributed by atoms with Gasteiger partial charge in [-0.25, -0.2) is 14.3 Å². The van der Waals surface area contributed by atoms with Gasteiger partial charge < -0.3 is 9.47 Å². The summed E-state index contributed by atoms with van der Waals surface area (Å²) in [6, 6.07) is 16.5. The van der Waals surface area contributed by atoms with Crippen LogP contribution in [0.5, 0.6) is 0 Å². The summed E-state index contributed by atoms with van der Waals surface area (Å²) in [4.78, 5) is 25.2. The molecule has 140 valence electrons. The van der Waals surface area contributed by atoms with E-state index in [1.165, 1.54) is 12.1 Å². The molecule has 0 N–H and O–H groups in total. The molecule has 2 aromatic carbocycles. The van der Waals surface area contributed by atoms with Gasteiger partial charge in [-0.1, -0.05) is 36.4 Å². The van der Waals surface area contributed by atoms with Crippen molar-refractivity contribution >= 4 is 28.7 Å². The maximum Gasteiger partial charge on any atom is 0.434 e. The largest absolute Gasteiger partial charge is 0.465 e. The molecule has 0 unspecified atom stereocenters. The maximum atomic E-state index is 13.0. The van der Waals surface area contributed by atoms with E-state index in [4.69, 9.17) is 9.47 Å². The van der Waals surface area contributed by atoms with Crippen molar-refractivity contribution in [1.82, 2.24) is 4.68 Å².